The summed E-state index contributed by atoms with van der Waals surface area (Å²) in [6, 6.07) is 10.9. The van der Waals surface area contributed by atoms with Gasteiger partial charge in [-0.2, -0.15) is 0 Å². The molecule has 1 aliphatic heterocycles. The number of rotatable bonds is 2. The molecule has 1 saturated carbocycles. The van der Waals surface area contributed by atoms with Gasteiger partial charge in [0.25, 0.3) is 0 Å². The van der Waals surface area contributed by atoms with Crippen molar-refractivity contribution >= 4 is 11.9 Å². The zero-order valence-electron chi connectivity index (χ0n) is 14.3. The van der Waals surface area contributed by atoms with E-state index in [9.17, 15) is 5.11 Å². The summed E-state index contributed by atoms with van der Waals surface area (Å²) >= 11 is 0. The van der Waals surface area contributed by atoms with Gasteiger partial charge in [0.15, 0.2) is 0 Å². The first-order valence-corrected chi connectivity index (χ1v) is 9.27. The number of nitrogens with zero attached hydrogens (tertiary/aromatic N) is 3. The molecule has 5 rings (SSSR count). The first-order chi connectivity index (χ1) is 12.2. The number of fused-ring (bicyclic) bond motifs is 2. The van der Waals surface area contributed by atoms with Gasteiger partial charge in [0.1, 0.15) is 12.1 Å². The monoisotopic (exact) mass is 333 g/mol. The highest BCUT2D eigenvalue weighted by Gasteiger charge is 2.38. The average molecular weight is 333 g/mol. The Hall–Kier alpha value is -2.20. The zero-order chi connectivity index (χ0) is 16.9. The Morgan fingerprint density at radius 3 is 2.68 bits per heavy atom. The molecule has 2 aliphatic carbocycles. The van der Waals surface area contributed by atoms with Crippen LogP contribution in [0.1, 0.15) is 48.4 Å². The molecular formula is C21H23N3O. The van der Waals surface area contributed by atoms with Crippen LogP contribution in [0.4, 0.5) is 5.82 Å². The van der Waals surface area contributed by atoms with Crippen molar-refractivity contribution in [2.45, 2.75) is 43.1 Å². The molecule has 2 heterocycles. The summed E-state index contributed by atoms with van der Waals surface area (Å²) in [6.07, 6.45) is 10.2. The lowest BCUT2D eigenvalue weighted by Crippen LogP contribution is -2.41. The molecule has 2 fully saturated rings. The Balaban J connectivity index is 1.33. The van der Waals surface area contributed by atoms with Crippen molar-refractivity contribution in [1.82, 2.24) is 9.97 Å². The molecule has 3 aliphatic rings. The molecule has 128 valence electrons. The molecule has 1 aromatic heterocycles. The molecule has 4 nitrogen and oxygen atoms in total. The standard InChI is InChI=1S/C21H23N3O/c25-17-11-16(12-17)19-13-20(23-14-22-19)24-9-7-21(8-10-24)6-5-15-3-1-2-4-18(15)21/h1-6,13-14,16-17,25H,7-12H2. The summed E-state index contributed by atoms with van der Waals surface area (Å²) in [5, 5.41) is 9.54. The molecular weight excluding hydrogens is 310 g/mol. The SMILES string of the molecule is OC1CC(c2cc(N3CCC4(C=Cc5ccccc54)CC3)ncn2)C1. The number of piperidine rings is 1. The largest absolute Gasteiger partial charge is 0.393 e. The van der Waals surface area contributed by atoms with E-state index in [1.165, 1.54) is 11.1 Å². The third-order valence-corrected chi connectivity index (χ3v) is 6.26. The third kappa shape index (κ3) is 2.47. The van der Waals surface area contributed by atoms with Gasteiger partial charge in [0.05, 0.1) is 6.10 Å². The summed E-state index contributed by atoms with van der Waals surface area (Å²) in [6.45, 7) is 2.03. The number of aliphatic hydroxyl groups excluding tert-OH is 1. The predicted molar refractivity (Wildman–Crippen MR) is 98.6 cm³/mol. The Morgan fingerprint density at radius 1 is 1.08 bits per heavy atom. The van der Waals surface area contributed by atoms with E-state index in [4.69, 9.17) is 0 Å². The van der Waals surface area contributed by atoms with Gasteiger partial charge >= 0.3 is 0 Å². The zero-order valence-corrected chi connectivity index (χ0v) is 14.3. The molecule has 4 heteroatoms. The maximum atomic E-state index is 9.54. The van der Waals surface area contributed by atoms with E-state index < -0.39 is 0 Å². The average Bonchev–Trinajstić information content (AvgIpc) is 2.99. The molecule has 0 amide bonds. The smallest absolute Gasteiger partial charge is 0.132 e. The highest BCUT2D eigenvalue weighted by molar-refractivity contribution is 5.65. The van der Waals surface area contributed by atoms with Crippen LogP contribution in [0.5, 0.6) is 0 Å². The number of benzene rings is 1. The molecule has 25 heavy (non-hydrogen) atoms. The van der Waals surface area contributed by atoms with Crippen LogP contribution in [0.15, 0.2) is 42.7 Å². The van der Waals surface area contributed by atoms with Gasteiger partial charge in [-0.15, -0.1) is 0 Å². The third-order valence-electron chi connectivity index (χ3n) is 6.26. The minimum absolute atomic E-state index is 0.146. The lowest BCUT2D eigenvalue weighted by atomic mass is 9.74. The van der Waals surface area contributed by atoms with Crippen LogP contribution in [0.3, 0.4) is 0 Å². The van der Waals surface area contributed by atoms with Gasteiger partial charge in [0, 0.05) is 36.2 Å². The Bertz CT molecular complexity index is 817. The van der Waals surface area contributed by atoms with E-state index in [1.54, 1.807) is 6.33 Å². The van der Waals surface area contributed by atoms with Crippen molar-refractivity contribution in [3.05, 3.63) is 59.6 Å². The summed E-state index contributed by atoms with van der Waals surface area (Å²) in [5.74, 6) is 1.44. The number of anilines is 1. The van der Waals surface area contributed by atoms with Gasteiger partial charge in [0.2, 0.25) is 0 Å². The van der Waals surface area contributed by atoms with Gasteiger partial charge in [-0.05, 0) is 36.8 Å². The number of allylic oxidation sites excluding steroid dienone is 1. The second-order valence-corrected chi connectivity index (χ2v) is 7.69. The van der Waals surface area contributed by atoms with Gasteiger partial charge in [-0.3, -0.25) is 0 Å². The Morgan fingerprint density at radius 2 is 1.88 bits per heavy atom. The molecule has 0 radical (unpaired) electrons. The number of hydrogen-bond donors (Lipinski definition) is 1. The summed E-state index contributed by atoms with van der Waals surface area (Å²) in [7, 11) is 0. The maximum Gasteiger partial charge on any atom is 0.132 e. The minimum Gasteiger partial charge on any atom is -0.393 e. The van der Waals surface area contributed by atoms with E-state index in [0.29, 0.717) is 5.92 Å². The van der Waals surface area contributed by atoms with Crippen LogP contribution >= 0.6 is 0 Å². The fourth-order valence-electron chi connectivity index (χ4n) is 4.59. The van der Waals surface area contributed by atoms with Gasteiger partial charge in [-0.1, -0.05) is 36.4 Å². The Labute approximate surface area is 148 Å². The summed E-state index contributed by atoms with van der Waals surface area (Å²) in [5.41, 5.74) is 4.16. The fraction of sp³-hybridized carbons (Fsp3) is 0.429. The maximum absolute atomic E-state index is 9.54. The molecule has 1 saturated heterocycles. The first kappa shape index (κ1) is 15.1. The van der Waals surface area contributed by atoms with Crippen molar-refractivity contribution in [2.75, 3.05) is 18.0 Å². The van der Waals surface area contributed by atoms with Gasteiger partial charge in [-0.25, -0.2) is 9.97 Å². The fourth-order valence-corrected chi connectivity index (χ4v) is 4.59. The van der Waals surface area contributed by atoms with E-state index in [0.717, 1.165) is 50.3 Å². The second-order valence-electron chi connectivity index (χ2n) is 7.69. The van der Waals surface area contributed by atoms with E-state index in [2.05, 4.69) is 57.4 Å². The number of aliphatic hydroxyl groups is 1. The first-order valence-electron chi connectivity index (χ1n) is 9.27. The molecule has 0 unspecified atom stereocenters. The molecule has 1 N–H and O–H groups in total. The number of hydrogen-bond acceptors (Lipinski definition) is 4. The van der Waals surface area contributed by atoms with Crippen LogP contribution in [0, 0.1) is 0 Å². The van der Waals surface area contributed by atoms with Crippen LogP contribution in [0.2, 0.25) is 0 Å². The molecule has 1 spiro atoms. The van der Waals surface area contributed by atoms with Crippen LogP contribution in [-0.4, -0.2) is 34.3 Å². The van der Waals surface area contributed by atoms with Crippen molar-refractivity contribution in [2.24, 2.45) is 0 Å². The summed E-state index contributed by atoms with van der Waals surface area (Å²) in [4.78, 5) is 11.3. The lowest BCUT2D eigenvalue weighted by Gasteiger charge is -2.40. The van der Waals surface area contributed by atoms with E-state index in [1.807, 2.05) is 0 Å². The van der Waals surface area contributed by atoms with Crippen LogP contribution in [-0.2, 0) is 5.41 Å². The minimum atomic E-state index is -0.146. The highest BCUT2D eigenvalue weighted by atomic mass is 16.3. The van der Waals surface area contributed by atoms with Crippen LogP contribution in [0.25, 0.3) is 6.08 Å². The van der Waals surface area contributed by atoms with E-state index in [-0.39, 0.29) is 11.5 Å². The van der Waals surface area contributed by atoms with Crippen molar-refractivity contribution in [3.63, 3.8) is 0 Å². The molecule has 1 aromatic carbocycles. The second kappa shape index (κ2) is 5.67. The normalized spacial score (nSPS) is 26.5. The van der Waals surface area contributed by atoms with Crippen LogP contribution < -0.4 is 4.90 Å². The van der Waals surface area contributed by atoms with E-state index >= 15 is 0 Å². The summed E-state index contributed by atoms with van der Waals surface area (Å²) < 4.78 is 0. The molecule has 0 bridgehead atoms. The molecule has 0 atom stereocenters. The topological polar surface area (TPSA) is 49.2 Å². The van der Waals surface area contributed by atoms with Crippen molar-refractivity contribution in [1.29, 1.82) is 0 Å². The van der Waals surface area contributed by atoms with Crippen molar-refractivity contribution < 1.29 is 5.11 Å². The number of aromatic nitrogens is 2. The molecule has 2 aromatic rings. The highest BCUT2D eigenvalue weighted by Crippen LogP contribution is 2.44. The predicted octanol–water partition coefficient (Wildman–Crippen LogP) is 3.28. The van der Waals surface area contributed by atoms with Crippen molar-refractivity contribution in [3.8, 4) is 0 Å². The lowest BCUT2D eigenvalue weighted by molar-refractivity contribution is 0.0732. The van der Waals surface area contributed by atoms with Gasteiger partial charge < -0.3 is 10.0 Å². The quantitative estimate of drug-likeness (QED) is 0.916. The Kier molecular flexibility index (Phi) is 3.42.